The Morgan fingerprint density at radius 2 is 1.75 bits per heavy atom. The molecule has 0 aromatic carbocycles. The molecule has 0 saturated carbocycles. The van der Waals surface area contributed by atoms with Gasteiger partial charge in [-0.3, -0.25) is 0 Å². The van der Waals surface area contributed by atoms with E-state index >= 15 is 0 Å². The van der Waals surface area contributed by atoms with E-state index in [0.29, 0.717) is 0 Å². The van der Waals surface area contributed by atoms with Gasteiger partial charge >= 0.3 is 0 Å². The molecule has 0 atom stereocenters. The smallest absolute Gasteiger partial charge is 0.262 e. The molecule has 1 spiro atoms. The first kappa shape index (κ1) is 8.38. The lowest BCUT2D eigenvalue weighted by Crippen LogP contribution is -2.48. The molecule has 70 valence electrons. The van der Waals surface area contributed by atoms with Gasteiger partial charge in [0.1, 0.15) is 0 Å². The average Bonchev–Trinajstić information content (AvgIpc) is 2.29. The maximum atomic E-state index is 12.9. The number of hydrogen-bond donors (Lipinski definition) is 2. The van der Waals surface area contributed by atoms with Gasteiger partial charge in [0.15, 0.2) is 0 Å². The first-order valence-corrected chi connectivity index (χ1v) is 4.46. The molecule has 0 bridgehead atoms. The predicted molar refractivity (Wildman–Crippen MR) is 42.4 cm³/mol. The molecule has 2 nitrogen and oxygen atoms in total. The third kappa shape index (κ3) is 1.45. The van der Waals surface area contributed by atoms with Crippen molar-refractivity contribution in [3.8, 4) is 0 Å². The van der Waals surface area contributed by atoms with Gasteiger partial charge in [0, 0.05) is 12.0 Å². The maximum Gasteiger partial charge on any atom is 0.262 e. The zero-order valence-corrected chi connectivity index (χ0v) is 7.00. The van der Waals surface area contributed by atoms with Gasteiger partial charge in [0.2, 0.25) is 0 Å². The molecular weight excluding hydrogens is 162 g/mol. The third-order valence-electron chi connectivity index (χ3n) is 2.88. The van der Waals surface area contributed by atoms with Gasteiger partial charge in [-0.05, 0) is 25.9 Å². The van der Waals surface area contributed by atoms with Crippen LogP contribution in [-0.2, 0) is 0 Å². The second kappa shape index (κ2) is 2.64. The van der Waals surface area contributed by atoms with Crippen molar-refractivity contribution < 1.29 is 8.78 Å². The third-order valence-corrected chi connectivity index (χ3v) is 2.88. The molecule has 2 saturated heterocycles. The molecule has 2 heterocycles. The minimum Gasteiger partial charge on any atom is -0.317 e. The van der Waals surface area contributed by atoms with E-state index in [9.17, 15) is 8.78 Å². The SMILES string of the molecule is FC1(F)CNC2(CCNCC2)C1. The van der Waals surface area contributed by atoms with Crippen molar-refractivity contribution in [2.45, 2.75) is 30.7 Å². The highest BCUT2D eigenvalue weighted by atomic mass is 19.3. The molecule has 2 rings (SSSR count). The Kier molecular flexibility index (Phi) is 1.84. The van der Waals surface area contributed by atoms with E-state index in [4.69, 9.17) is 0 Å². The molecule has 12 heavy (non-hydrogen) atoms. The standard InChI is InChI=1S/C8H14F2N2/c9-8(10)5-7(12-6-8)1-3-11-4-2-7/h11-12H,1-6H2. The first-order valence-electron chi connectivity index (χ1n) is 4.46. The van der Waals surface area contributed by atoms with Crippen molar-refractivity contribution in [1.29, 1.82) is 0 Å². The number of hydrogen-bond acceptors (Lipinski definition) is 2. The monoisotopic (exact) mass is 176 g/mol. The summed E-state index contributed by atoms with van der Waals surface area (Å²) in [6, 6.07) is 0. The van der Waals surface area contributed by atoms with Crippen LogP contribution in [0, 0.1) is 0 Å². The Bertz CT molecular complexity index is 176. The lowest BCUT2D eigenvalue weighted by atomic mass is 9.86. The topological polar surface area (TPSA) is 24.1 Å². The summed E-state index contributed by atoms with van der Waals surface area (Å²) in [5, 5.41) is 6.15. The molecule has 0 aromatic heterocycles. The summed E-state index contributed by atoms with van der Waals surface area (Å²) in [6.07, 6.45) is 1.70. The molecule has 2 fully saturated rings. The quantitative estimate of drug-likeness (QED) is 0.568. The summed E-state index contributed by atoms with van der Waals surface area (Å²) < 4.78 is 25.8. The minimum absolute atomic E-state index is 0.0294. The number of piperidine rings is 1. The maximum absolute atomic E-state index is 12.9. The Morgan fingerprint density at radius 3 is 2.25 bits per heavy atom. The van der Waals surface area contributed by atoms with E-state index in [1.807, 2.05) is 0 Å². The van der Waals surface area contributed by atoms with E-state index in [-0.39, 0.29) is 18.5 Å². The predicted octanol–water partition coefficient (Wildman–Crippen LogP) is 0.737. The summed E-state index contributed by atoms with van der Waals surface area (Å²) >= 11 is 0. The van der Waals surface area contributed by atoms with Crippen LogP contribution in [0.1, 0.15) is 19.3 Å². The second-order valence-corrected chi connectivity index (χ2v) is 3.92. The Labute approximate surface area is 70.7 Å². The molecule has 0 amide bonds. The van der Waals surface area contributed by atoms with E-state index in [2.05, 4.69) is 10.6 Å². The van der Waals surface area contributed by atoms with Crippen molar-refractivity contribution in [2.24, 2.45) is 0 Å². The van der Waals surface area contributed by atoms with Crippen LogP contribution in [0.4, 0.5) is 8.78 Å². The van der Waals surface area contributed by atoms with E-state index in [1.165, 1.54) is 0 Å². The summed E-state index contributed by atoms with van der Waals surface area (Å²) in [6.45, 7) is 1.60. The van der Waals surface area contributed by atoms with Crippen molar-refractivity contribution in [3.05, 3.63) is 0 Å². The number of nitrogens with one attached hydrogen (secondary N) is 2. The average molecular weight is 176 g/mol. The Balaban J connectivity index is 2.03. The van der Waals surface area contributed by atoms with Crippen LogP contribution in [0.2, 0.25) is 0 Å². The van der Waals surface area contributed by atoms with Crippen molar-refractivity contribution >= 4 is 0 Å². The fourth-order valence-electron chi connectivity index (χ4n) is 2.20. The molecular formula is C8H14F2N2. The first-order chi connectivity index (χ1) is 5.62. The summed E-state index contributed by atoms with van der Waals surface area (Å²) in [5.41, 5.74) is -0.255. The highest BCUT2D eigenvalue weighted by Crippen LogP contribution is 2.37. The molecule has 0 unspecified atom stereocenters. The zero-order valence-electron chi connectivity index (χ0n) is 7.00. The highest BCUT2D eigenvalue weighted by Gasteiger charge is 2.49. The molecule has 0 aromatic rings. The molecule has 2 aliphatic rings. The molecule has 2 N–H and O–H groups in total. The fraction of sp³-hybridized carbons (Fsp3) is 1.00. The second-order valence-electron chi connectivity index (χ2n) is 3.92. The van der Waals surface area contributed by atoms with Crippen LogP contribution in [0.3, 0.4) is 0 Å². The number of halogens is 2. The lowest BCUT2D eigenvalue weighted by molar-refractivity contribution is 0.0136. The van der Waals surface area contributed by atoms with Crippen LogP contribution in [0.25, 0.3) is 0 Å². The normalized spacial score (nSPS) is 32.5. The van der Waals surface area contributed by atoms with Crippen molar-refractivity contribution in [1.82, 2.24) is 10.6 Å². The molecule has 2 aliphatic heterocycles. The van der Waals surface area contributed by atoms with Crippen LogP contribution < -0.4 is 10.6 Å². The number of rotatable bonds is 0. The lowest BCUT2D eigenvalue weighted by Gasteiger charge is -2.33. The Morgan fingerprint density at radius 1 is 1.08 bits per heavy atom. The zero-order chi connectivity index (χ0) is 8.66. The van der Waals surface area contributed by atoms with E-state index < -0.39 is 5.92 Å². The van der Waals surface area contributed by atoms with Gasteiger partial charge in [0.05, 0.1) is 6.54 Å². The number of alkyl halides is 2. The fourth-order valence-corrected chi connectivity index (χ4v) is 2.20. The molecule has 0 aliphatic carbocycles. The van der Waals surface area contributed by atoms with E-state index in [1.54, 1.807) is 0 Å². The van der Waals surface area contributed by atoms with Gasteiger partial charge < -0.3 is 10.6 Å². The van der Waals surface area contributed by atoms with Gasteiger partial charge in [-0.15, -0.1) is 0 Å². The van der Waals surface area contributed by atoms with Crippen LogP contribution in [-0.4, -0.2) is 31.1 Å². The molecule has 0 radical (unpaired) electrons. The largest absolute Gasteiger partial charge is 0.317 e. The van der Waals surface area contributed by atoms with Gasteiger partial charge in [-0.2, -0.15) is 0 Å². The van der Waals surface area contributed by atoms with Gasteiger partial charge in [0.25, 0.3) is 5.92 Å². The van der Waals surface area contributed by atoms with Crippen molar-refractivity contribution in [3.63, 3.8) is 0 Å². The van der Waals surface area contributed by atoms with E-state index in [0.717, 1.165) is 25.9 Å². The summed E-state index contributed by atoms with van der Waals surface area (Å²) in [4.78, 5) is 0. The minimum atomic E-state index is -2.47. The Hall–Kier alpha value is -0.220. The van der Waals surface area contributed by atoms with Gasteiger partial charge in [-0.1, -0.05) is 0 Å². The summed E-state index contributed by atoms with van der Waals surface area (Å²) in [7, 11) is 0. The molecule has 4 heteroatoms. The van der Waals surface area contributed by atoms with Gasteiger partial charge in [-0.25, -0.2) is 8.78 Å². The van der Waals surface area contributed by atoms with Crippen LogP contribution in [0.5, 0.6) is 0 Å². The van der Waals surface area contributed by atoms with Crippen LogP contribution >= 0.6 is 0 Å². The van der Waals surface area contributed by atoms with Crippen molar-refractivity contribution in [2.75, 3.05) is 19.6 Å². The highest BCUT2D eigenvalue weighted by molar-refractivity contribution is 5.02. The van der Waals surface area contributed by atoms with Crippen LogP contribution in [0.15, 0.2) is 0 Å². The summed E-state index contributed by atoms with van der Waals surface area (Å²) in [5.74, 6) is -2.47.